The zero-order valence-electron chi connectivity index (χ0n) is 16.3. The van der Waals surface area contributed by atoms with Gasteiger partial charge in [-0.2, -0.15) is 13.2 Å². The van der Waals surface area contributed by atoms with Crippen LogP contribution in [0.2, 0.25) is 0 Å². The molecule has 1 atom stereocenters. The lowest BCUT2D eigenvalue weighted by Gasteiger charge is -2.34. The molecular formula is C22H19F4NO3. The van der Waals surface area contributed by atoms with Gasteiger partial charge in [0.05, 0.1) is 24.8 Å². The number of esters is 1. The Labute approximate surface area is 170 Å². The van der Waals surface area contributed by atoms with Gasteiger partial charge in [-0.3, -0.25) is 4.79 Å². The number of ether oxygens (including phenoxy) is 1. The van der Waals surface area contributed by atoms with Gasteiger partial charge in [-0.25, -0.2) is 9.18 Å². The molecule has 4 nitrogen and oxygen atoms in total. The molecule has 0 aliphatic carbocycles. The van der Waals surface area contributed by atoms with Gasteiger partial charge < -0.3 is 9.64 Å². The highest BCUT2D eigenvalue weighted by atomic mass is 19.4. The van der Waals surface area contributed by atoms with Gasteiger partial charge in [0.15, 0.2) is 0 Å². The predicted molar refractivity (Wildman–Crippen MR) is 100 cm³/mol. The Hall–Kier alpha value is -3.16. The van der Waals surface area contributed by atoms with Crippen LogP contribution in [0.25, 0.3) is 0 Å². The van der Waals surface area contributed by atoms with E-state index in [1.54, 1.807) is 6.07 Å². The predicted octanol–water partition coefficient (Wildman–Crippen LogP) is 4.81. The lowest BCUT2D eigenvalue weighted by Crippen LogP contribution is -2.38. The van der Waals surface area contributed by atoms with Gasteiger partial charge in [-0.05, 0) is 36.2 Å². The largest absolute Gasteiger partial charge is 0.466 e. The van der Waals surface area contributed by atoms with Crippen molar-refractivity contribution in [2.75, 3.05) is 7.11 Å². The Kier molecular flexibility index (Phi) is 5.96. The number of benzene rings is 2. The van der Waals surface area contributed by atoms with E-state index in [4.69, 9.17) is 4.74 Å². The number of allylic oxidation sites excluding steroid dienone is 1. The molecule has 30 heavy (non-hydrogen) atoms. The highest BCUT2D eigenvalue weighted by Crippen LogP contribution is 2.39. The number of hydrogen-bond acceptors (Lipinski definition) is 3. The number of halogens is 4. The van der Waals surface area contributed by atoms with Gasteiger partial charge >= 0.3 is 12.1 Å². The molecule has 158 valence electrons. The topological polar surface area (TPSA) is 46.6 Å². The summed E-state index contributed by atoms with van der Waals surface area (Å²) in [6.45, 7) is 1.56. The number of methoxy groups -OCH3 is 1. The van der Waals surface area contributed by atoms with Crippen molar-refractivity contribution in [1.82, 2.24) is 4.90 Å². The Bertz CT molecular complexity index is 1010. The molecule has 0 radical (unpaired) electrons. The van der Waals surface area contributed by atoms with Gasteiger partial charge in [0, 0.05) is 18.0 Å². The Morgan fingerprint density at radius 2 is 1.87 bits per heavy atom. The van der Waals surface area contributed by atoms with E-state index in [-0.39, 0.29) is 35.7 Å². The third-order valence-corrected chi connectivity index (χ3v) is 5.07. The van der Waals surface area contributed by atoms with Crippen LogP contribution in [0.1, 0.15) is 36.0 Å². The van der Waals surface area contributed by atoms with Gasteiger partial charge in [-0.15, -0.1) is 0 Å². The summed E-state index contributed by atoms with van der Waals surface area (Å²) in [5, 5.41) is 0. The molecule has 1 aliphatic rings. The summed E-state index contributed by atoms with van der Waals surface area (Å²) in [7, 11) is 1.17. The number of carbonyl (C=O) groups excluding carboxylic acids is 2. The minimum atomic E-state index is -4.55. The molecule has 8 heteroatoms. The second-order valence-electron chi connectivity index (χ2n) is 6.98. The number of amides is 1. The third-order valence-electron chi connectivity index (χ3n) is 5.07. The van der Waals surface area contributed by atoms with Crippen LogP contribution in [0.5, 0.6) is 0 Å². The van der Waals surface area contributed by atoms with Crippen molar-refractivity contribution in [3.8, 4) is 0 Å². The van der Waals surface area contributed by atoms with Crippen molar-refractivity contribution in [2.45, 2.75) is 32.0 Å². The van der Waals surface area contributed by atoms with Gasteiger partial charge in [0.2, 0.25) is 5.91 Å². The first-order valence-corrected chi connectivity index (χ1v) is 9.13. The first kappa shape index (κ1) is 21.5. The van der Waals surface area contributed by atoms with Crippen molar-refractivity contribution in [2.24, 2.45) is 0 Å². The van der Waals surface area contributed by atoms with Crippen LogP contribution < -0.4 is 0 Å². The van der Waals surface area contributed by atoms with E-state index < -0.39 is 29.4 Å². The summed E-state index contributed by atoms with van der Waals surface area (Å²) < 4.78 is 57.8. The second-order valence-corrected chi connectivity index (χ2v) is 6.98. The molecule has 0 bridgehead atoms. The van der Waals surface area contributed by atoms with Crippen molar-refractivity contribution in [3.05, 3.63) is 82.3 Å². The van der Waals surface area contributed by atoms with Gasteiger partial charge in [0.1, 0.15) is 5.82 Å². The second kappa shape index (κ2) is 8.30. The van der Waals surface area contributed by atoms with Crippen molar-refractivity contribution < 1.29 is 31.9 Å². The summed E-state index contributed by atoms with van der Waals surface area (Å²) in [4.78, 5) is 26.7. The Morgan fingerprint density at radius 3 is 2.50 bits per heavy atom. The Morgan fingerprint density at radius 1 is 1.17 bits per heavy atom. The van der Waals surface area contributed by atoms with Crippen molar-refractivity contribution in [1.29, 1.82) is 0 Å². The molecular weight excluding hydrogens is 402 g/mol. The normalized spacial score (nSPS) is 17.3. The quantitative estimate of drug-likeness (QED) is 0.526. The van der Waals surface area contributed by atoms with Gasteiger partial charge in [0.25, 0.3) is 0 Å². The first-order valence-electron chi connectivity index (χ1n) is 9.13. The summed E-state index contributed by atoms with van der Waals surface area (Å²) in [5.41, 5.74) is 0.224. The highest BCUT2D eigenvalue weighted by molar-refractivity contribution is 5.95. The third kappa shape index (κ3) is 4.37. The van der Waals surface area contributed by atoms with Crippen molar-refractivity contribution >= 4 is 11.9 Å². The zero-order valence-corrected chi connectivity index (χ0v) is 16.3. The van der Waals surface area contributed by atoms with Crippen LogP contribution in [0, 0.1) is 5.82 Å². The highest BCUT2D eigenvalue weighted by Gasteiger charge is 2.38. The molecule has 0 saturated heterocycles. The van der Waals surface area contributed by atoms with Crippen LogP contribution in [0.3, 0.4) is 0 Å². The van der Waals surface area contributed by atoms with E-state index >= 15 is 0 Å². The number of nitrogens with zero attached hydrogens (tertiary/aromatic N) is 1. The first-order chi connectivity index (χ1) is 14.1. The minimum absolute atomic E-state index is 0.0260. The minimum Gasteiger partial charge on any atom is -0.466 e. The van der Waals surface area contributed by atoms with E-state index in [0.717, 1.165) is 12.1 Å². The van der Waals surface area contributed by atoms with Crippen LogP contribution in [-0.4, -0.2) is 23.9 Å². The van der Waals surface area contributed by atoms with E-state index in [0.29, 0.717) is 5.56 Å². The average Bonchev–Trinajstić information content (AvgIpc) is 2.69. The smallest absolute Gasteiger partial charge is 0.416 e. The Balaban J connectivity index is 2.05. The van der Waals surface area contributed by atoms with Crippen LogP contribution in [0.15, 0.2) is 59.8 Å². The maximum absolute atomic E-state index is 13.5. The van der Waals surface area contributed by atoms with Crippen molar-refractivity contribution in [3.63, 3.8) is 0 Å². The molecule has 2 aromatic carbocycles. The molecule has 1 aliphatic heterocycles. The molecule has 0 fully saturated rings. The summed E-state index contributed by atoms with van der Waals surface area (Å²) >= 11 is 0. The lowest BCUT2D eigenvalue weighted by molar-refractivity contribution is -0.138. The van der Waals surface area contributed by atoms with E-state index in [9.17, 15) is 27.2 Å². The van der Waals surface area contributed by atoms with E-state index in [2.05, 4.69) is 0 Å². The van der Waals surface area contributed by atoms with Crippen LogP contribution in [-0.2, 0) is 27.0 Å². The van der Waals surface area contributed by atoms with E-state index in [1.807, 2.05) is 0 Å². The maximum Gasteiger partial charge on any atom is 0.416 e. The summed E-state index contributed by atoms with van der Waals surface area (Å²) in [6.07, 6.45) is -4.76. The number of rotatable bonds is 4. The summed E-state index contributed by atoms with van der Waals surface area (Å²) in [5.74, 6) is -2.46. The maximum atomic E-state index is 13.5. The number of hydrogen-bond donors (Lipinski definition) is 0. The van der Waals surface area contributed by atoms with Crippen LogP contribution in [0.4, 0.5) is 17.6 Å². The number of carbonyl (C=O) groups is 2. The molecule has 3 rings (SSSR count). The fourth-order valence-electron chi connectivity index (χ4n) is 3.61. The molecule has 0 N–H and O–H groups in total. The van der Waals surface area contributed by atoms with Gasteiger partial charge in [-0.1, -0.05) is 30.3 Å². The lowest BCUT2D eigenvalue weighted by atomic mass is 9.83. The monoisotopic (exact) mass is 421 g/mol. The van der Waals surface area contributed by atoms with E-state index in [1.165, 1.54) is 49.3 Å². The fourth-order valence-corrected chi connectivity index (χ4v) is 3.61. The average molecular weight is 421 g/mol. The zero-order chi connectivity index (χ0) is 22.1. The molecule has 1 amide bonds. The number of alkyl halides is 3. The SMILES string of the molecule is COC(=O)C1=C(C)N(Cc2cccc(F)c2)C(=O)C[C@H]1c1cccc(C(F)(F)F)c1. The molecule has 0 aromatic heterocycles. The molecule has 0 spiro atoms. The fraction of sp³-hybridized carbons (Fsp3) is 0.273. The standard InChI is InChI=1S/C22H19F4NO3/c1-13-20(21(29)30-2)18(15-6-4-7-16(10-15)22(24,25)26)11-19(28)27(13)12-14-5-3-8-17(23)9-14/h3-10,18H,11-12H2,1-2H3/t18-/m0/s1. The molecule has 1 heterocycles. The summed E-state index contributed by atoms with van der Waals surface area (Å²) in [6, 6.07) is 10.3. The molecule has 0 unspecified atom stereocenters. The molecule has 2 aromatic rings. The molecule has 0 saturated carbocycles. The van der Waals surface area contributed by atoms with Crippen LogP contribution >= 0.6 is 0 Å².